The average molecular weight is 546 g/mol. The first-order valence-electron chi connectivity index (χ1n) is 12.9. The van der Waals surface area contributed by atoms with Gasteiger partial charge in [-0.1, -0.05) is 11.6 Å². The second-order valence-corrected chi connectivity index (χ2v) is 10.1. The van der Waals surface area contributed by atoms with E-state index in [1.807, 2.05) is 43.3 Å². The van der Waals surface area contributed by atoms with Gasteiger partial charge in [-0.2, -0.15) is 5.26 Å². The largest absolute Gasteiger partial charge is 0.496 e. The number of nitrogens with zero attached hydrogens (tertiary/aromatic N) is 4. The molecule has 0 bridgehead atoms. The van der Waals surface area contributed by atoms with Crippen LogP contribution in [-0.4, -0.2) is 75.4 Å². The van der Waals surface area contributed by atoms with Crippen LogP contribution in [0.1, 0.15) is 11.1 Å². The fourth-order valence-electron chi connectivity index (χ4n) is 5.00. The number of anilines is 2. The Hall–Kier alpha value is -3.77. The molecule has 0 spiro atoms. The van der Waals surface area contributed by atoms with E-state index in [0.717, 1.165) is 60.0 Å². The molecule has 9 heteroatoms. The summed E-state index contributed by atoms with van der Waals surface area (Å²) in [5, 5.41) is 16.4. The van der Waals surface area contributed by atoms with E-state index >= 15 is 0 Å². The van der Waals surface area contributed by atoms with Crippen molar-refractivity contribution in [3.05, 3.63) is 58.7 Å². The molecule has 8 nitrogen and oxygen atoms in total. The SMILES string of the molecule is COc1cc(Nc2c(C#N)cnc3c2ccc2c(OCCN4CCN(C)CC4)c(OC)ccc23)c(Cl)cc1C. The number of pyridine rings is 1. The average Bonchev–Trinajstić information content (AvgIpc) is 2.95. The lowest BCUT2D eigenvalue weighted by Gasteiger charge is -2.32. The van der Waals surface area contributed by atoms with Crippen LogP contribution in [0.3, 0.4) is 0 Å². The van der Waals surface area contributed by atoms with Gasteiger partial charge in [0.15, 0.2) is 11.5 Å². The van der Waals surface area contributed by atoms with E-state index < -0.39 is 0 Å². The molecule has 0 amide bonds. The molecule has 1 aromatic heterocycles. The summed E-state index contributed by atoms with van der Waals surface area (Å²) in [6.45, 7) is 7.54. The molecule has 202 valence electrons. The van der Waals surface area contributed by atoms with Crippen LogP contribution in [0.25, 0.3) is 21.7 Å². The summed E-state index contributed by atoms with van der Waals surface area (Å²) in [6.07, 6.45) is 1.58. The van der Waals surface area contributed by atoms with Crippen molar-refractivity contribution in [2.45, 2.75) is 6.92 Å². The highest BCUT2D eigenvalue weighted by atomic mass is 35.5. The third-order valence-electron chi connectivity index (χ3n) is 7.28. The number of hydrogen-bond acceptors (Lipinski definition) is 8. The Morgan fingerprint density at radius 3 is 2.44 bits per heavy atom. The Morgan fingerprint density at radius 1 is 1.00 bits per heavy atom. The topological polar surface area (TPSA) is 82.9 Å². The van der Waals surface area contributed by atoms with Gasteiger partial charge in [-0.05, 0) is 49.9 Å². The van der Waals surface area contributed by atoms with Crippen LogP contribution < -0.4 is 19.5 Å². The Balaban J connectivity index is 1.53. The third-order valence-corrected chi connectivity index (χ3v) is 7.60. The van der Waals surface area contributed by atoms with Crippen LogP contribution in [0.2, 0.25) is 5.02 Å². The maximum Gasteiger partial charge on any atom is 0.169 e. The zero-order valence-electron chi connectivity index (χ0n) is 22.7. The number of aryl methyl sites for hydroxylation is 1. The van der Waals surface area contributed by atoms with Crippen LogP contribution in [0.4, 0.5) is 11.4 Å². The minimum Gasteiger partial charge on any atom is -0.496 e. The van der Waals surface area contributed by atoms with Crippen molar-refractivity contribution in [2.24, 2.45) is 0 Å². The van der Waals surface area contributed by atoms with Gasteiger partial charge >= 0.3 is 0 Å². The van der Waals surface area contributed by atoms with Crippen LogP contribution >= 0.6 is 11.6 Å². The molecule has 0 atom stereocenters. The highest BCUT2D eigenvalue weighted by molar-refractivity contribution is 6.33. The number of aromatic nitrogens is 1. The van der Waals surface area contributed by atoms with Crippen molar-refractivity contribution >= 4 is 44.7 Å². The molecule has 1 aliphatic rings. The molecular weight excluding hydrogens is 514 g/mol. The van der Waals surface area contributed by atoms with Gasteiger partial charge < -0.3 is 24.4 Å². The first kappa shape index (κ1) is 26.8. The van der Waals surface area contributed by atoms with Gasteiger partial charge in [-0.3, -0.25) is 9.88 Å². The number of rotatable bonds is 8. The number of nitrogens with one attached hydrogen (secondary N) is 1. The van der Waals surface area contributed by atoms with Crippen molar-refractivity contribution in [3.8, 4) is 23.3 Å². The molecule has 0 unspecified atom stereocenters. The van der Waals surface area contributed by atoms with Crippen molar-refractivity contribution in [1.82, 2.24) is 14.8 Å². The maximum atomic E-state index is 9.88. The molecule has 4 aromatic rings. The number of halogens is 1. The monoisotopic (exact) mass is 545 g/mol. The minimum atomic E-state index is 0.412. The molecular formula is C30H32ClN5O3. The summed E-state index contributed by atoms with van der Waals surface area (Å²) in [6, 6.07) is 13.8. The molecule has 39 heavy (non-hydrogen) atoms. The van der Waals surface area contributed by atoms with Crippen LogP contribution in [0.15, 0.2) is 42.6 Å². The lowest BCUT2D eigenvalue weighted by molar-refractivity contribution is 0.133. The number of fused-ring (bicyclic) bond motifs is 3. The summed E-state index contributed by atoms with van der Waals surface area (Å²) >= 11 is 6.56. The maximum absolute atomic E-state index is 9.88. The van der Waals surface area contributed by atoms with Crippen molar-refractivity contribution in [2.75, 3.05) is 65.9 Å². The minimum absolute atomic E-state index is 0.412. The fraction of sp³-hybridized carbons (Fsp3) is 0.333. The number of nitriles is 1. The van der Waals surface area contributed by atoms with E-state index in [4.69, 9.17) is 25.8 Å². The van der Waals surface area contributed by atoms with Gasteiger partial charge in [0.2, 0.25) is 0 Å². The van der Waals surface area contributed by atoms with E-state index in [-0.39, 0.29) is 0 Å². The predicted octanol–water partition coefficient (Wildman–Crippen LogP) is 5.61. The highest BCUT2D eigenvalue weighted by Crippen LogP contribution is 2.41. The zero-order valence-corrected chi connectivity index (χ0v) is 23.4. The number of piperazine rings is 1. The molecule has 0 radical (unpaired) electrons. The second kappa shape index (κ2) is 11.5. The van der Waals surface area contributed by atoms with Crippen molar-refractivity contribution < 1.29 is 14.2 Å². The number of hydrogen-bond donors (Lipinski definition) is 1. The Morgan fingerprint density at radius 2 is 1.72 bits per heavy atom. The smallest absolute Gasteiger partial charge is 0.169 e. The zero-order chi connectivity index (χ0) is 27.5. The quantitative estimate of drug-likeness (QED) is 0.286. The van der Waals surface area contributed by atoms with E-state index in [0.29, 0.717) is 45.8 Å². The van der Waals surface area contributed by atoms with Gasteiger partial charge in [0.25, 0.3) is 0 Å². The molecule has 3 aromatic carbocycles. The third kappa shape index (κ3) is 5.39. The lowest BCUT2D eigenvalue weighted by atomic mass is 10.0. The highest BCUT2D eigenvalue weighted by Gasteiger charge is 2.19. The van der Waals surface area contributed by atoms with E-state index in [1.54, 1.807) is 20.4 Å². The summed E-state index contributed by atoms with van der Waals surface area (Å²) in [4.78, 5) is 9.44. The first-order valence-corrected chi connectivity index (χ1v) is 13.3. The number of ether oxygens (including phenoxy) is 3. The number of methoxy groups -OCH3 is 2. The van der Waals surface area contributed by atoms with Crippen LogP contribution in [0.5, 0.6) is 17.2 Å². The Kier molecular flexibility index (Phi) is 7.94. The Bertz CT molecular complexity index is 1560. The van der Waals surface area contributed by atoms with E-state index in [9.17, 15) is 5.26 Å². The summed E-state index contributed by atoms with van der Waals surface area (Å²) in [5.74, 6) is 2.07. The normalized spacial score (nSPS) is 14.4. The standard InChI is InChI=1S/C30H32ClN5O3/c1-19-15-24(31)25(16-27(19)38-4)34-28-20(17-32)18-33-29-21-7-8-26(37-3)30(22(21)5-6-23(28)29)39-14-13-36-11-9-35(2)10-12-36/h5-8,15-16,18H,9-14H2,1-4H3,(H,33,34). The van der Waals surface area contributed by atoms with E-state index in [1.165, 1.54) is 0 Å². The van der Waals surface area contributed by atoms with Gasteiger partial charge in [-0.15, -0.1) is 0 Å². The van der Waals surface area contributed by atoms with Crippen LogP contribution in [-0.2, 0) is 0 Å². The predicted molar refractivity (Wildman–Crippen MR) is 156 cm³/mol. The summed E-state index contributed by atoms with van der Waals surface area (Å²) in [7, 11) is 5.42. The lowest BCUT2D eigenvalue weighted by Crippen LogP contribution is -2.45. The Labute approximate surface area is 233 Å². The molecule has 2 heterocycles. The van der Waals surface area contributed by atoms with Gasteiger partial charge in [0.05, 0.1) is 41.7 Å². The van der Waals surface area contributed by atoms with Gasteiger partial charge in [0, 0.05) is 61.1 Å². The number of likely N-dealkylation sites (N-methyl/N-ethyl adjacent to an activating group) is 1. The molecule has 0 saturated carbocycles. The number of benzene rings is 3. The van der Waals surface area contributed by atoms with Crippen LogP contribution in [0, 0.1) is 18.3 Å². The van der Waals surface area contributed by atoms with E-state index in [2.05, 4.69) is 33.2 Å². The first-order chi connectivity index (χ1) is 18.9. The molecule has 1 fully saturated rings. The molecule has 5 rings (SSSR count). The molecule has 1 aliphatic heterocycles. The molecule has 1 saturated heterocycles. The summed E-state index contributed by atoms with van der Waals surface area (Å²) in [5.41, 5.74) is 3.36. The molecule has 1 N–H and O–H groups in total. The van der Waals surface area contributed by atoms with Crippen molar-refractivity contribution in [3.63, 3.8) is 0 Å². The van der Waals surface area contributed by atoms with Gasteiger partial charge in [-0.25, -0.2) is 0 Å². The van der Waals surface area contributed by atoms with Gasteiger partial charge in [0.1, 0.15) is 18.4 Å². The second-order valence-electron chi connectivity index (χ2n) is 9.73. The summed E-state index contributed by atoms with van der Waals surface area (Å²) < 4.78 is 17.5. The fourth-order valence-corrected chi connectivity index (χ4v) is 5.27. The molecule has 0 aliphatic carbocycles. The van der Waals surface area contributed by atoms with Crippen molar-refractivity contribution in [1.29, 1.82) is 5.26 Å².